The molecule has 0 aliphatic carbocycles. The number of hydrogen-bond donors (Lipinski definition) is 0. The molecular weight excluding hydrogens is 219 g/mol. The zero-order chi connectivity index (χ0) is 10.4. The van der Waals surface area contributed by atoms with E-state index < -0.39 is 0 Å². The molecule has 0 atom stereocenters. The van der Waals surface area contributed by atoms with Crippen molar-refractivity contribution < 1.29 is 4.74 Å². The molecule has 0 aliphatic heterocycles. The summed E-state index contributed by atoms with van der Waals surface area (Å²) in [5.74, 6) is 0. The molecule has 0 bridgehead atoms. The van der Waals surface area contributed by atoms with E-state index >= 15 is 0 Å². The first kappa shape index (κ1) is 11.2. The van der Waals surface area contributed by atoms with Crippen LogP contribution in [0.3, 0.4) is 0 Å². The Labute approximate surface area is 93.6 Å². The van der Waals surface area contributed by atoms with Gasteiger partial charge in [-0.3, -0.25) is 0 Å². The van der Waals surface area contributed by atoms with E-state index in [1.54, 1.807) is 6.26 Å². The molecule has 1 aromatic rings. The van der Waals surface area contributed by atoms with Crippen LogP contribution in [0.5, 0.6) is 0 Å². The number of hydrogen-bond acceptors (Lipinski definition) is 1. The van der Waals surface area contributed by atoms with Crippen molar-refractivity contribution in [2.45, 2.75) is 6.92 Å². The van der Waals surface area contributed by atoms with E-state index in [2.05, 4.69) is 0 Å². The maximum atomic E-state index is 5.56. The molecular formula is C11H10Cl2O. The number of benzene rings is 1. The summed E-state index contributed by atoms with van der Waals surface area (Å²) in [6.45, 7) is 1.94. The second-order valence-electron chi connectivity index (χ2n) is 2.70. The Kier molecular flexibility index (Phi) is 4.57. The summed E-state index contributed by atoms with van der Waals surface area (Å²) in [7, 11) is 0. The molecule has 0 fully saturated rings. The van der Waals surface area contributed by atoms with Crippen LogP contribution < -0.4 is 0 Å². The lowest BCUT2D eigenvalue weighted by Crippen LogP contribution is -1.80. The van der Waals surface area contributed by atoms with E-state index in [0.29, 0.717) is 0 Å². The summed E-state index contributed by atoms with van der Waals surface area (Å²) in [6.07, 6.45) is 1.57. The lowest BCUT2D eigenvalue weighted by atomic mass is 10.1. The Morgan fingerprint density at radius 1 is 1.29 bits per heavy atom. The molecule has 3 heteroatoms. The molecule has 74 valence electrons. The van der Waals surface area contributed by atoms with E-state index in [9.17, 15) is 0 Å². The number of ether oxygens (including phenoxy) is 1. The molecule has 14 heavy (non-hydrogen) atoms. The van der Waals surface area contributed by atoms with Crippen molar-refractivity contribution >= 4 is 28.8 Å². The monoisotopic (exact) mass is 228 g/mol. The molecule has 0 aliphatic rings. The minimum Gasteiger partial charge on any atom is -0.452 e. The van der Waals surface area contributed by atoms with E-state index in [0.717, 1.165) is 11.1 Å². The molecule has 0 amide bonds. The van der Waals surface area contributed by atoms with Crippen molar-refractivity contribution in [2.75, 3.05) is 0 Å². The predicted molar refractivity (Wildman–Crippen MR) is 61.0 cm³/mol. The fraction of sp³-hybridized carbons (Fsp3) is 0.0909. The first-order valence-electron chi connectivity index (χ1n) is 4.09. The Balaban J connectivity index is 2.71. The number of rotatable bonds is 3. The normalized spacial score (nSPS) is 12.8. The number of halogens is 2. The molecule has 1 nitrogen and oxygen atoms in total. The molecule has 0 spiro atoms. The lowest BCUT2D eigenvalue weighted by Gasteiger charge is -2.01. The first-order valence-corrected chi connectivity index (χ1v) is 4.90. The van der Waals surface area contributed by atoms with E-state index in [1.807, 2.05) is 37.3 Å². The van der Waals surface area contributed by atoms with Gasteiger partial charge >= 0.3 is 0 Å². The van der Waals surface area contributed by atoms with Gasteiger partial charge in [-0.1, -0.05) is 41.9 Å². The van der Waals surface area contributed by atoms with Gasteiger partial charge in [0.05, 0.1) is 11.8 Å². The zero-order valence-electron chi connectivity index (χ0n) is 7.71. The molecule has 0 saturated carbocycles. The van der Waals surface area contributed by atoms with Gasteiger partial charge in [0, 0.05) is 0 Å². The molecule has 0 heterocycles. The molecule has 0 radical (unpaired) electrons. The third kappa shape index (κ3) is 3.44. The Morgan fingerprint density at radius 3 is 2.50 bits per heavy atom. The third-order valence-electron chi connectivity index (χ3n) is 1.66. The standard InChI is InChI=1S/C11H10Cl2O/c1-9(8-14-11(13)7-12)10-5-3-2-4-6-10/h2-8H,1H3/b9-8+,11-7-. The summed E-state index contributed by atoms with van der Waals surface area (Å²) < 4.78 is 5.04. The fourth-order valence-electron chi connectivity index (χ4n) is 0.939. The summed E-state index contributed by atoms with van der Waals surface area (Å²) in [5, 5.41) is 0.155. The Morgan fingerprint density at radius 2 is 1.93 bits per heavy atom. The van der Waals surface area contributed by atoms with Crippen molar-refractivity contribution in [3.63, 3.8) is 0 Å². The molecule has 0 saturated heterocycles. The summed E-state index contributed by atoms with van der Waals surface area (Å²) in [6, 6.07) is 9.88. The van der Waals surface area contributed by atoms with Crippen molar-refractivity contribution in [3.8, 4) is 0 Å². The maximum absolute atomic E-state index is 5.56. The molecule has 1 rings (SSSR count). The van der Waals surface area contributed by atoms with Crippen molar-refractivity contribution in [1.29, 1.82) is 0 Å². The van der Waals surface area contributed by atoms with Gasteiger partial charge in [-0.05, 0) is 29.7 Å². The Hall–Kier alpha value is -0.920. The highest BCUT2D eigenvalue weighted by Crippen LogP contribution is 2.15. The molecule has 0 N–H and O–H groups in total. The maximum Gasteiger partial charge on any atom is 0.204 e. The largest absolute Gasteiger partial charge is 0.452 e. The van der Waals surface area contributed by atoms with Crippen LogP contribution in [0.4, 0.5) is 0 Å². The van der Waals surface area contributed by atoms with Crippen LogP contribution in [0.1, 0.15) is 12.5 Å². The highest BCUT2D eigenvalue weighted by atomic mass is 35.5. The first-order chi connectivity index (χ1) is 6.74. The lowest BCUT2D eigenvalue weighted by molar-refractivity contribution is 0.387. The van der Waals surface area contributed by atoms with Crippen LogP contribution in [0.15, 0.2) is 47.3 Å². The van der Waals surface area contributed by atoms with E-state index in [1.165, 1.54) is 5.54 Å². The van der Waals surface area contributed by atoms with Crippen LogP contribution in [0.25, 0.3) is 5.57 Å². The van der Waals surface area contributed by atoms with Gasteiger partial charge in [-0.15, -0.1) is 0 Å². The summed E-state index contributed by atoms with van der Waals surface area (Å²) >= 11 is 10.9. The Bertz CT molecular complexity index is 342. The average Bonchev–Trinajstić information content (AvgIpc) is 2.26. The van der Waals surface area contributed by atoms with Crippen LogP contribution >= 0.6 is 23.2 Å². The molecule has 1 aromatic carbocycles. The van der Waals surface area contributed by atoms with Crippen molar-refractivity contribution in [2.24, 2.45) is 0 Å². The van der Waals surface area contributed by atoms with Gasteiger partial charge in [-0.25, -0.2) is 0 Å². The van der Waals surface area contributed by atoms with E-state index in [-0.39, 0.29) is 5.22 Å². The SMILES string of the molecule is C/C(=C\O/C(Cl)=C\Cl)c1ccccc1. The molecule has 0 unspecified atom stereocenters. The minimum atomic E-state index is 0.155. The smallest absolute Gasteiger partial charge is 0.204 e. The van der Waals surface area contributed by atoms with Crippen LogP contribution in [0.2, 0.25) is 0 Å². The van der Waals surface area contributed by atoms with Crippen LogP contribution in [-0.2, 0) is 4.74 Å². The van der Waals surface area contributed by atoms with Crippen molar-refractivity contribution in [3.05, 3.63) is 52.9 Å². The highest BCUT2D eigenvalue weighted by Gasteiger charge is 1.94. The third-order valence-corrected chi connectivity index (χ3v) is 2.17. The predicted octanol–water partition coefficient (Wildman–Crippen LogP) is 4.34. The summed E-state index contributed by atoms with van der Waals surface area (Å²) in [5.41, 5.74) is 3.25. The average molecular weight is 229 g/mol. The van der Waals surface area contributed by atoms with Gasteiger partial charge in [0.2, 0.25) is 5.22 Å². The van der Waals surface area contributed by atoms with Crippen LogP contribution in [-0.4, -0.2) is 0 Å². The quantitative estimate of drug-likeness (QED) is 0.700. The second-order valence-corrected chi connectivity index (χ2v) is 3.29. The van der Waals surface area contributed by atoms with Gasteiger partial charge in [-0.2, -0.15) is 0 Å². The number of allylic oxidation sites excluding steroid dienone is 1. The van der Waals surface area contributed by atoms with Gasteiger partial charge in [0.15, 0.2) is 0 Å². The minimum absolute atomic E-state index is 0.155. The van der Waals surface area contributed by atoms with E-state index in [4.69, 9.17) is 27.9 Å². The zero-order valence-corrected chi connectivity index (χ0v) is 9.22. The summed E-state index contributed by atoms with van der Waals surface area (Å²) in [4.78, 5) is 0. The van der Waals surface area contributed by atoms with Crippen molar-refractivity contribution in [1.82, 2.24) is 0 Å². The van der Waals surface area contributed by atoms with Gasteiger partial charge in [0.1, 0.15) is 0 Å². The second kappa shape index (κ2) is 5.74. The van der Waals surface area contributed by atoms with Crippen LogP contribution in [0, 0.1) is 0 Å². The van der Waals surface area contributed by atoms with Gasteiger partial charge in [0.25, 0.3) is 0 Å². The highest BCUT2D eigenvalue weighted by molar-refractivity contribution is 6.35. The van der Waals surface area contributed by atoms with Gasteiger partial charge < -0.3 is 4.74 Å². The molecule has 0 aromatic heterocycles. The topological polar surface area (TPSA) is 9.23 Å². The fourth-order valence-corrected chi connectivity index (χ4v) is 1.04.